The lowest BCUT2D eigenvalue weighted by atomic mass is 10.0. The van der Waals surface area contributed by atoms with Gasteiger partial charge in [0.05, 0.1) is 19.6 Å². The van der Waals surface area contributed by atoms with Gasteiger partial charge in [0.2, 0.25) is 0 Å². The van der Waals surface area contributed by atoms with Crippen LogP contribution >= 0.6 is 12.4 Å². The summed E-state index contributed by atoms with van der Waals surface area (Å²) in [5.74, 6) is 0.128. The van der Waals surface area contributed by atoms with Crippen LogP contribution in [0.4, 0.5) is 4.39 Å². The molecule has 3 nitrogen and oxygen atoms in total. The summed E-state index contributed by atoms with van der Waals surface area (Å²) in [6.45, 7) is 0. The minimum absolute atomic E-state index is 0. The third-order valence-corrected chi connectivity index (χ3v) is 1.91. The maximum Gasteiger partial charge on any atom is 0.128 e. The van der Waals surface area contributed by atoms with Crippen molar-refractivity contribution >= 4 is 12.4 Å². The van der Waals surface area contributed by atoms with E-state index in [1.807, 2.05) is 6.07 Å². The minimum Gasteiger partial charge on any atom is -0.497 e. The zero-order valence-electron chi connectivity index (χ0n) is 8.24. The van der Waals surface area contributed by atoms with Gasteiger partial charge in [0.15, 0.2) is 0 Å². The van der Waals surface area contributed by atoms with Crippen molar-refractivity contribution in [2.75, 3.05) is 7.11 Å². The van der Waals surface area contributed by atoms with Gasteiger partial charge in [0.25, 0.3) is 0 Å². The maximum atomic E-state index is 13.2. The number of halogens is 2. The van der Waals surface area contributed by atoms with E-state index < -0.39 is 11.9 Å². The summed E-state index contributed by atoms with van der Waals surface area (Å²) in [4.78, 5) is 0. The number of ether oxygens (including phenoxy) is 1. The van der Waals surface area contributed by atoms with Gasteiger partial charge in [0.1, 0.15) is 11.6 Å². The van der Waals surface area contributed by atoms with Crippen LogP contribution in [0.3, 0.4) is 0 Å². The van der Waals surface area contributed by atoms with Gasteiger partial charge in [0, 0.05) is 11.6 Å². The molecule has 0 aliphatic carbocycles. The average Bonchev–Trinajstić information content (AvgIpc) is 2.19. The zero-order valence-corrected chi connectivity index (χ0v) is 9.05. The summed E-state index contributed by atoms with van der Waals surface area (Å²) < 4.78 is 18.2. The highest BCUT2D eigenvalue weighted by Crippen LogP contribution is 2.22. The van der Waals surface area contributed by atoms with Crippen molar-refractivity contribution in [2.24, 2.45) is 5.73 Å². The second kappa shape index (κ2) is 6.23. The van der Waals surface area contributed by atoms with Gasteiger partial charge in [-0.1, -0.05) is 0 Å². The van der Waals surface area contributed by atoms with Gasteiger partial charge < -0.3 is 10.5 Å². The van der Waals surface area contributed by atoms with E-state index in [0.717, 1.165) is 0 Å². The fraction of sp³-hybridized carbons (Fsp3) is 0.300. The summed E-state index contributed by atoms with van der Waals surface area (Å²) in [6, 6.07) is 5.60. The Labute approximate surface area is 94.1 Å². The molecule has 0 amide bonds. The van der Waals surface area contributed by atoms with E-state index in [2.05, 4.69) is 0 Å². The maximum absolute atomic E-state index is 13.2. The quantitative estimate of drug-likeness (QED) is 0.866. The number of nitrogens with two attached hydrogens (primary N) is 1. The van der Waals surface area contributed by atoms with Crippen LogP contribution in [0, 0.1) is 17.1 Å². The second-order valence-corrected chi connectivity index (χ2v) is 2.86. The molecule has 0 saturated carbocycles. The monoisotopic (exact) mass is 230 g/mol. The Morgan fingerprint density at radius 3 is 2.80 bits per heavy atom. The van der Waals surface area contributed by atoms with Crippen LogP contribution in [0.5, 0.6) is 5.75 Å². The Bertz CT molecular complexity index is 365. The predicted octanol–water partition coefficient (Wildman–Crippen LogP) is 2.17. The van der Waals surface area contributed by atoms with E-state index >= 15 is 0 Å². The largest absolute Gasteiger partial charge is 0.497 e. The van der Waals surface area contributed by atoms with Crippen LogP contribution in [0.25, 0.3) is 0 Å². The highest BCUT2D eigenvalue weighted by atomic mass is 35.5. The molecule has 82 valence electrons. The molecule has 0 radical (unpaired) electrons. The topological polar surface area (TPSA) is 59.0 Å². The number of methoxy groups -OCH3 is 1. The molecule has 5 heteroatoms. The summed E-state index contributed by atoms with van der Waals surface area (Å²) in [5.41, 5.74) is 5.92. The molecule has 0 aliphatic heterocycles. The SMILES string of the molecule is COc1ccc(F)c([C@H](N)CC#N)c1.Cl. The number of hydrogen-bond donors (Lipinski definition) is 1. The van der Waals surface area contributed by atoms with Gasteiger partial charge in [-0.05, 0) is 18.2 Å². The van der Waals surface area contributed by atoms with Crippen LogP contribution in [-0.2, 0) is 0 Å². The van der Waals surface area contributed by atoms with Gasteiger partial charge >= 0.3 is 0 Å². The van der Waals surface area contributed by atoms with Crippen molar-refractivity contribution in [1.29, 1.82) is 5.26 Å². The second-order valence-electron chi connectivity index (χ2n) is 2.86. The Balaban J connectivity index is 0.00000196. The number of nitriles is 1. The minimum atomic E-state index is -0.602. The third kappa shape index (κ3) is 3.39. The summed E-state index contributed by atoms with van der Waals surface area (Å²) in [6.07, 6.45) is 0.0874. The molecular weight excluding hydrogens is 219 g/mol. The van der Waals surface area contributed by atoms with Gasteiger partial charge in [-0.15, -0.1) is 12.4 Å². The summed E-state index contributed by atoms with van der Waals surface area (Å²) in [5, 5.41) is 8.43. The zero-order chi connectivity index (χ0) is 10.6. The van der Waals surface area contributed by atoms with Crippen LogP contribution < -0.4 is 10.5 Å². The molecule has 0 aliphatic rings. The standard InChI is InChI=1S/C10H11FN2O.ClH/c1-14-7-2-3-9(11)8(6-7)10(13)4-5-12;/h2-3,6,10H,4,13H2,1H3;1H/t10-;/m1./s1. The van der Waals surface area contributed by atoms with Crippen molar-refractivity contribution in [3.8, 4) is 11.8 Å². The van der Waals surface area contributed by atoms with Crippen LogP contribution in [0.15, 0.2) is 18.2 Å². The first kappa shape index (κ1) is 13.7. The molecule has 0 spiro atoms. The number of hydrogen-bond acceptors (Lipinski definition) is 3. The van der Waals surface area contributed by atoms with Crippen molar-refractivity contribution in [3.05, 3.63) is 29.6 Å². The number of nitrogens with zero attached hydrogens (tertiary/aromatic N) is 1. The van der Waals surface area contributed by atoms with Crippen LogP contribution in [-0.4, -0.2) is 7.11 Å². The lowest BCUT2D eigenvalue weighted by molar-refractivity contribution is 0.412. The lowest BCUT2D eigenvalue weighted by Gasteiger charge is -2.10. The van der Waals surface area contributed by atoms with Crippen molar-refractivity contribution in [3.63, 3.8) is 0 Å². The van der Waals surface area contributed by atoms with Gasteiger partial charge in [-0.25, -0.2) is 4.39 Å². The van der Waals surface area contributed by atoms with E-state index in [0.29, 0.717) is 11.3 Å². The van der Waals surface area contributed by atoms with E-state index in [9.17, 15) is 4.39 Å². The normalized spacial score (nSPS) is 11.1. The smallest absolute Gasteiger partial charge is 0.128 e. The van der Waals surface area contributed by atoms with E-state index in [1.165, 1.54) is 25.3 Å². The molecule has 1 atom stereocenters. The first-order valence-electron chi connectivity index (χ1n) is 4.15. The highest BCUT2D eigenvalue weighted by Gasteiger charge is 2.11. The van der Waals surface area contributed by atoms with Crippen LogP contribution in [0.2, 0.25) is 0 Å². The molecule has 0 saturated heterocycles. The summed E-state index contributed by atoms with van der Waals surface area (Å²) >= 11 is 0. The van der Waals surface area contributed by atoms with Crippen molar-refractivity contribution in [1.82, 2.24) is 0 Å². The number of benzene rings is 1. The van der Waals surface area contributed by atoms with E-state index in [1.54, 1.807) is 0 Å². The molecule has 2 N–H and O–H groups in total. The highest BCUT2D eigenvalue weighted by molar-refractivity contribution is 5.85. The van der Waals surface area contributed by atoms with Gasteiger partial charge in [-0.2, -0.15) is 5.26 Å². The molecule has 1 aromatic rings. The molecule has 0 unspecified atom stereocenters. The lowest BCUT2D eigenvalue weighted by Crippen LogP contribution is -2.11. The molecule has 0 heterocycles. The van der Waals surface area contributed by atoms with Crippen LogP contribution in [0.1, 0.15) is 18.0 Å². The Hall–Kier alpha value is -1.31. The van der Waals surface area contributed by atoms with E-state index in [4.69, 9.17) is 15.7 Å². The van der Waals surface area contributed by atoms with E-state index in [-0.39, 0.29) is 18.8 Å². The first-order chi connectivity index (χ1) is 6.69. The Kier molecular flexibility index (Phi) is 5.68. The fourth-order valence-electron chi connectivity index (χ4n) is 1.14. The average molecular weight is 231 g/mol. The predicted molar refractivity (Wildman–Crippen MR) is 57.4 cm³/mol. The Morgan fingerprint density at radius 2 is 2.27 bits per heavy atom. The molecule has 0 aromatic heterocycles. The molecule has 15 heavy (non-hydrogen) atoms. The van der Waals surface area contributed by atoms with Crippen molar-refractivity contribution < 1.29 is 9.13 Å². The molecule has 0 bridgehead atoms. The molecule has 1 rings (SSSR count). The van der Waals surface area contributed by atoms with Crippen molar-refractivity contribution in [2.45, 2.75) is 12.5 Å². The first-order valence-corrected chi connectivity index (χ1v) is 4.15. The summed E-state index contributed by atoms with van der Waals surface area (Å²) in [7, 11) is 1.49. The third-order valence-electron chi connectivity index (χ3n) is 1.91. The number of rotatable bonds is 3. The fourth-order valence-corrected chi connectivity index (χ4v) is 1.14. The van der Waals surface area contributed by atoms with Gasteiger partial charge in [-0.3, -0.25) is 0 Å². The Morgan fingerprint density at radius 1 is 1.60 bits per heavy atom. The molecular formula is C10H12ClFN2O. The molecule has 1 aromatic carbocycles. The molecule has 0 fully saturated rings.